The summed E-state index contributed by atoms with van der Waals surface area (Å²) in [4.78, 5) is 23.4. The van der Waals surface area contributed by atoms with Gasteiger partial charge in [0.05, 0.1) is 11.6 Å². The van der Waals surface area contributed by atoms with Gasteiger partial charge < -0.3 is 10.3 Å². The van der Waals surface area contributed by atoms with E-state index in [-0.39, 0.29) is 17.6 Å². The Morgan fingerprint density at radius 2 is 2.05 bits per heavy atom. The quantitative estimate of drug-likeness (QED) is 0.900. The number of aromatic nitrogens is 3. The molecule has 0 spiro atoms. The number of thiazole rings is 1. The van der Waals surface area contributed by atoms with Gasteiger partial charge in [-0.3, -0.25) is 4.79 Å². The van der Waals surface area contributed by atoms with Gasteiger partial charge in [0.1, 0.15) is 10.8 Å². The van der Waals surface area contributed by atoms with Gasteiger partial charge in [-0.2, -0.15) is 0 Å². The number of rotatable bonds is 4. The van der Waals surface area contributed by atoms with Gasteiger partial charge in [0.2, 0.25) is 0 Å². The van der Waals surface area contributed by atoms with E-state index in [1.807, 2.05) is 26.2 Å². The monoisotopic (exact) mass is 278 g/mol. The molecule has 2 aromatic rings. The number of aromatic amines is 1. The van der Waals surface area contributed by atoms with E-state index >= 15 is 0 Å². The third-order valence-corrected chi connectivity index (χ3v) is 3.98. The summed E-state index contributed by atoms with van der Waals surface area (Å²) >= 11 is 1.60. The second kappa shape index (κ2) is 5.63. The molecule has 0 fully saturated rings. The van der Waals surface area contributed by atoms with E-state index in [0.717, 1.165) is 10.7 Å². The second-order valence-electron chi connectivity index (χ2n) is 4.63. The Bertz CT molecular complexity index is 606. The van der Waals surface area contributed by atoms with Crippen LogP contribution in [0.5, 0.6) is 0 Å². The maximum atomic E-state index is 12.0. The first-order valence-electron chi connectivity index (χ1n) is 6.22. The van der Waals surface area contributed by atoms with Crippen molar-refractivity contribution in [3.8, 4) is 0 Å². The average Bonchev–Trinajstić information content (AvgIpc) is 2.80. The lowest BCUT2D eigenvalue weighted by atomic mass is 10.1. The van der Waals surface area contributed by atoms with Crippen LogP contribution in [0, 0.1) is 13.8 Å². The van der Waals surface area contributed by atoms with Crippen molar-refractivity contribution in [1.82, 2.24) is 20.3 Å². The molecule has 0 aliphatic rings. The molecule has 102 valence electrons. The van der Waals surface area contributed by atoms with E-state index in [4.69, 9.17) is 0 Å². The lowest BCUT2D eigenvalue weighted by Gasteiger charge is -2.19. The van der Waals surface area contributed by atoms with Gasteiger partial charge in [-0.05, 0) is 27.7 Å². The summed E-state index contributed by atoms with van der Waals surface area (Å²) in [6.45, 7) is 7.66. The predicted octanol–water partition coefficient (Wildman–Crippen LogP) is 2.26. The fourth-order valence-corrected chi connectivity index (χ4v) is 2.88. The van der Waals surface area contributed by atoms with Crippen LogP contribution in [-0.4, -0.2) is 15.0 Å². The van der Waals surface area contributed by atoms with Gasteiger partial charge in [-0.15, -0.1) is 11.3 Å². The van der Waals surface area contributed by atoms with Crippen LogP contribution in [0.2, 0.25) is 0 Å². The molecular weight excluding hydrogens is 260 g/mol. The van der Waals surface area contributed by atoms with Gasteiger partial charge >= 0.3 is 0 Å². The van der Waals surface area contributed by atoms with E-state index in [1.54, 1.807) is 24.5 Å². The molecule has 0 aliphatic heterocycles. The molecule has 2 unspecified atom stereocenters. The zero-order valence-electron chi connectivity index (χ0n) is 11.5. The van der Waals surface area contributed by atoms with Crippen molar-refractivity contribution < 1.29 is 0 Å². The van der Waals surface area contributed by atoms with E-state index in [1.165, 1.54) is 0 Å². The number of H-pyrrole nitrogens is 1. The number of hydrogen-bond donors (Lipinski definition) is 2. The molecule has 0 aliphatic carbocycles. The lowest BCUT2D eigenvalue weighted by Crippen LogP contribution is -2.29. The minimum atomic E-state index is -0.0734. The summed E-state index contributed by atoms with van der Waals surface area (Å²) < 4.78 is 0. The minimum absolute atomic E-state index is 0.0728. The summed E-state index contributed by atoms with van der Waals surface area (Å²) in [7, 11) is 0. The smallest absolute Gasteiger partial charge is 0.255 e. The molecule has 2 atom stereocenters. The van der Waals surface area contributed by atoms with Gasteiger partial charge in [0.15, 0.2) is 0 Å². The van der Waals surface area contributed by atoms with Crippen molar-refractivity contribution in [1.29, 1.82) is 0 Å². The molecule has 19 heavy (non-hydrogen) atoms. The topological polar surface area (TPSA) is 70.7 Å². The summed E-state index contributed by atoms with van der Waals surface area (Å²) in [5.74, 6) is 0.645. The molecule has 2 aromatic heterocycles. The third kappa shape index (κ3) is 3.08. The first kappa shape index (κ1) is 13.9. The Morgan fingerprint density at radius 3 is 2.63 bits per heavy atom. The first-order valence-corrected chi connectivity index (χ1v) is 7.10. The van der Waals surface area contributed by atoms with Crippen molar-refractivity contribution in [2.75, 3.05) is 0 Å². The van der Waals surface area contributed by atoms with E-state index in [2.05, 4.69) is 20.3 Å². The maximum Gasteiger partial charge on any atom is 0.255 e. The molecular formula is C13H18N4OS. The second-order valence-corrected chi connectivity index (χ2v) is 5.56. The fourth-order valence-electron chi connectivity index (χ4n) is 2.22. The first-order chi connectivity index (χ1) is 8.99. The Kier molecular flexibility index (Phi) is 4.11. The maximum absolute atomic E-state index is 12.0. The molecule has 0 bridgehead atoms. The molecule has 6 heteroatoms. The van der Waals surface area contributed by atoms with Crippen LogP contribution in [0.25, 0.3) is 0 Å². The van der Waals surface area contributed by atoms with Gasteiger partial charge in [-0.1, -0.05) is 0 Å². The predicted molar refractivity (Wildman–Crippen MR) is 76.4 cm³/mol. The molecule has 0 aromatic carbocycles. The van der Waals surface area contributed by atoms with Crippen molar-refractivity contribution in [3.05, 3.63) is 44.0 Å². The Balaban J connectivity index is 2.21. The number of nitrogens with zero attached hydrogens (tertiary/aromatic N) is 2. The summed E-state index contributed by atoms with van der Waals surface area (Å²) in [6.07, 6.45) is 1.79. The molecule has 0 radical (unpaired) electrons. The standard InChI is InChI=1S/C13H18N4OS/c1-7(15-9(3)13-14-5-6-19-13)11-8(2)16-10(4)17-12(11)18/h5-7,9,15H,1-4H3,(H,16,17,18). The Morgan fingerprint density at radius 1 is 1.32 bits per heavy atom. The van der Waals surface area contributed by atoms with Crippen LogP contribution in [0.15, 0.2) is 16.4 Å². The number of nitrogens with one attached hydrogen (secondary N) is 2. The fraction of sp³-hybridized carbons (Fsp3) is 0.462. The average molecular weight is 278 g/mol. The van der Waals surface area contributed by atoms with Crippen LogP contribution in [-0.2, 0) is 0 Å². The van der Waals surface area contributed by atoms with Crippen molar-refractivity contribution in [3.63, 3.8) is 0 Å². The van der Waals surface area contributed by atoms with Crippen molar-refractivity contribution in [2.45, 2.75) is 39.8 Å². The van der Waals surface area contributed by atoms with Crippen LogP contribution < -0.4 is 10.9 Å². The van der Waals surface area contributed by atoms with E-state index in [9.17, 15) is 4.79 Å². The third-order valence-electron chi connectivity index (χ3n) is 3.02. The molecule has 0 saturated carbocycles. The minimum Gasteiger partial charge on any atom is -0.310 e. The van der Waals surface area contributed by atoms with Crippen LogP contribution in [0.1, 0.15) is 48.0 Å². The largest absolute Gasteiger partial charge is 0.310 e. The molecule has 2 N–H and O–H groups in total. The Hall–Kier alpha value is -1.53. The zero-order valence-corrected chi connectivity index (χ0v) is 12.3. The lowest BCUT2D eigenvalue weighted by molar-refractivity contribution is 0.486. The summed E-state index contributed by atoms with van der Waals surface area (Å²) in [6, 6.07) is 0.0332. The molecule has 0 amide bonds. The highest BCUT2D eigenvalue weighted by atomic mass is 32.1. The van der Waals surface area contributed by atoms with E-state index in [0.29, 0.717) is 11.4 Å². The van der Waals surface area contributed by atoms with Crippen LogP contribution >= 0.6 is 11.3 Å². The highest BCUT2D eigenvalue weighted by molar-refractivity contribution is 7.09. The van der Waals surface area contributed by atoms with Crippen LogP contribution in [0.4, 0.5) is 0 Å². The van der Waals surface area contributed by atoms with Gasteiger partial charge in [-0.25, -0.2) is 9.97 Å². The highest BCUT2D eigenvalue weighted by Gasteiger charge is 2.18. The van der Waals surface area contributed by atoms with Gasteiger partial charge in [0.25, 0.3) is 5.56 Å². The number of aryl methyl sites for hydroxylation is 2. The zero-order chi connectivity index (χ0) is 14.0. The van der Waals surface area contributed by atoms with Crippen LogP contribution in [0.3, 0.4) is 0 Å². The summed E-state index contributed by atoms with van der Waals surface area (Å²) in [5.41, 5.74) is 1.39. The molecule has 2 heterocycles. The SMILES string of the molecule is Cc1nc(C)c(C(C)NC(C)c2nccs2)c(=O)[nH]1. The van der Waals surface area contributed by atoms with Gasteiger partial charge in [0, 0.05) is 23.3 Å². The highest BCUT2D eigenvalue weighted by Crippen LogP contribution is 2.20. The molecule has 5 nitrogen and oxygen atoms in total. The normalized spacial score (nSPS) is 14.3. The molecule has 2 rings (SSSR count). The number of hydrogen-bond acceptors (Lipinski definition) is 5. The van der Waals surface area contributed by atoms with Crippen molar-refractivity contribution in [2.24, 2.45) is 0 Å². The van der Waals surface area contributed by atoms with E-state index < -0.39 is 0 Å². The Labute approximate surface area is 116 Å². The van der Waals surface area contributed by atoms with Crippen molar-refractivity contribution >= 4 is 11.3 Å². The summed E-state index contributed by atoms with van der Waals surface area (Å²) in [5, 5.41) is 6.35. The molecule has 0 saturated heterocycles.